The maximum Gasteiger partial charge on any atom is 0.137 e. The van der Waals surface area contributed by atoms with E-state index in [1.54, 1.807) is 0 Å². The molecule has 0 unspecified atom stereocenters. The minimum Gasteiger partial charge on any atom is -0.317 e. The summed E-state index contributed by atoms with van der Waals surface area (Å²) in [6.45, 7) is 2.09. The van der Waals surface area contributed by atoms with Crippen LogP contribution in [0.25, 0.3) is 5.65 Å². The predicted octanol–water partition coefficient (Wildman–Crippen LogP) is 3.00. The Morgan fingerprint density at radius 1 is 0.952 bits per heavy atom. The van der Waals surface area contributed by atoms with Gasteiger partial charge in [-0.15, -0.1) is 0 Å². The highest BCUT2D eigenvalue weighted by atomic mass is 15.0. The van der Waals surface area contributed by atoms with Crippen molar-refractivity contribution >= 4 is 5.65 Å². The summed E-state index contributed by atoms with van der Waals surface area (Å²) in [5, 5.41) is 3.48. The molecule has 1 fully saturated rings. The molecule has 0 aliphatic carbocycles. The van der Waals surface area contributed by atoms with Gasteiger partial charge in [0.15, 0.2) is 0 Å². The van der Waals surface area contributed by atoms with Gasteiger partial charge in [0.05, 0.1) is 5.69 Å². The van der Waals surface area contributed by atoms with Crippen LogP contribution in [0.3, 0.4) is 0 Å². The summed E-state index contributed by atoms with van der Waals surface area (Å²) in [6, 6.07) is 17.0. The molecule has 3 nitrogen and oxygen atoms in total. The molecule has 2 aromatic heterocycles. The summed E-state index contributed by atoms with van der Waals surface area (Å²) in [5.41, 5.74) is 3.65. The van der Waals surface area contributed by atoms with Crippen LogP contribution in [-0.2, 0) is 5.41 Å². The molecule has 21 heavy (non-hydrogen) atoms. The van der Waals surface area contributed by atoms with E-state index >= 15 is 0 Å². The molecular formula is C18H19N3. The summed E-state index contributed by atoms with van der Waals surface area (Å²) in [4.78, 5) is 4.92. The van der Waals surface area contributed by atoms with Crippen LogP contribution in [0.1, 0.15) is 24.1 Å². The second-order valence-corrected chi connectivity index (χ2v) is 5.79. The molecule has 3 aromatic rings. The molecule has 3 heterocycles. The topological polar surface area (TPSA) is 29.3 Å². The van der Waals surface area contributed by atoms with Crippen LogP contribution in [-0.4, -0.2) is 22.5 Å². The number of imidazole rings is 1. The summed E-state index contributed by atoms with van der Waals surface area (Å²) in [5.74, 6) is 0. The fourth-order valence-corrected chi connectivity index (χ4v) is 3.47. The van der Waals surface area contributed by atoms with Crippen LogP contribution in [0.2, 0.25) is 0 Å². The molecule has 0 saturated carbocycles. The van der Waals surface area contributed by atoms with Crippen molar-refractivity contribution in [3.8, 4) is 0 Å². The van der Waals surface area contributed by atoms with Gasteiger partial charge >= 0.3 is 0 Å². The number of benzene rings is 1. The zero-order chi connectivity index (χ0) is 14.1. The molecule has 1 aliphatic rings. The van der Waals surface area contributed by atoms with Gasteiger partial charge < -0.3 is 9.72 Å². The fraction of sp³-hybridized carbons (Fsp3) is 0.278. The van der Waals surface area contributed by atoms with E-state index in [4.69, 9.17) is 4.98 Å². The smallest absolute Gasteiger partial charge is 0.137 e. The highest BCUT2D eigenvalue weighted by molar-refractivity contribution is 5.45. The van der Waals surface area contributed by atoms with Gasteiger partial charge in [0.1, 0.15) is 5.65 Å². The van der Waals surface area contributed by atoms with Crippen molar-refractivity contribution in [2.75, 3.05) is 13.1 Å². The Morgan fingerprint density at radius 3 is 2.48 bits per heavy atom. The third-order valence-electron chi connectivity index (χ3n) is 4.64. The summed E-state index contributed by atoms with van der Waals surface area (Å²) < 4.78 is 2.13. The van der Waals surface area contributed by atoms with E-state index in [2.05, 4.69) is 64.6 Å². The van der Waals surface area contributed by atoms with E-state index in [0.29, 0.717) is 0 Å². The lowest BCUT2D eigenvalue weighted by atomic mass is 9.71. The van der Waals surface area contributed by atoms with E-state index in [0.717, 1.165) is 31.6 Å². The van der Waals surface area contributed by atoms with Gasteiger partial charge in [-0.3, -0.25) is 0 Å². The van der Waals surface area contributed by atoms with Crippen LogP contribution < -0.4 is 5.32 Å². The number of fused-ring (bicyclic) bond motifs is 1. The quantitative estimate of drug-likeness (QED) is 0.780. The predicted molar refractivity (Wildman–Crippen MR) is 84.5 cm³/mol. The number of nitrogens with zero attached hydrogens (tertiary/aromatic N) is 2. The van der Waals surface area contributed by atoms with E-state index in [1.807, 2.05) is 6.07 Å². The molecule has 1 aromatic carbocycles. The molecule has 1 saturated heterocycles. The first-order valence-electron chi connectivity index (χ1n) is 7.59. The van der Waals surface area contributed by atoms with Crippen LogP contribution in [0.5, 0.6) is 0 Å². The molecule has 106 valence electrons. The fourth-order valence-electron chi connectivity index (χ4n) is 3.47. The first kappa shape index (κ1) is 12.6. The lowest BCUT2D eigenvalue weighted by molar-refractivity contribution is 0.355. The van der Waals surface area contributed by atoms with E-state index in [9.17, 15) is 0 Å². The molecule has 0 bridgehead atoms. The third-order valence-corrected chi connectivity index (χ3v) is 4.64. The van der Waals surface area contributed by atoms with Crippen molar-refractivity contribution in [2.24, 2.45) is 0 Å². The standard InChI is InChI=1S/C18H19N3/c1-2-6-15(7-3-1)18(9-11-19-12-10-18)16-14-21-13-5-4-8-17(21)20-16/h1-8,13-14,19H,9-12H2. The normalized spacial score (nSPS) is 17.9. The molecule has 0 radical (unpaired) electrons. The van der Waals surface area contributed by atoms with Crippen molar-refractivity contribution in [1.82, 2.24) is 14.7 Å². The Labute approximate surface area is 124 Å². The first-order chi connectivity index (χ1) is 10.4. The van der Waals surface area contributed by atoms with Crippen molar-refractivity contribution in [2.45, 2.75) is 18.3 Å². The van der Waals surface area contributed by atoms with Crippen molar-refractivity contribution in [3.05, 3.63) is 72.2 Å². The first-order valence-corrected chi connectivity index (χ1v) is 7.59. The molecular weight excluding hydrogens is 258 g/mol. The maximum absolute atomic E-state index is 4.92. The zero-order valence-corrected chi connectivity index (χ0v) is 12.0. The van der Waals surface area contributed by atoms with Gasteiger partial charge in [0, 0.05) is 17.8 Å². The van der Waals surface area contributed by atoms with E-state index in [-0.39, 0.29) is 5.41 Å². The largest absolute Gasteiger partial charge is 0.317 e. The Kier molecular flexibility index (Phi) is 3.00. The minimum atomic E-state index is 0.0402. The van der Waals surface area contributed by atoms with Crippen molar-refractivity contribution in [3.63, 3.8) is 0 Å². The van der Waals surface area contributed by atoms with Gasteiger partial charge in [-0.1, -0.05) is 36.4 Å². The number of aromatic nitrogens is 2. The number of nitrogens with one attached hydrogen (secondary N) is 1. The summed E-state index contributed by atoms with van der Waals surface area (Å²) in [7, 11) is 0. The van der Waals surface area contributed by atoms with Crippen LogP contribution >= 0.6 is 0 Å². The molecule has 1 N–H and O–H groups in total. The number of piperidine rings is 1. The second kappa shape index (κ2) is 5.01. The highest BCUT2D eigenvalue weighted by Gasteiger charge is 2.37. The molecule has 0 spiro atoms. The van der Waals surface area contributed by atoms with Crippen LogP contribution in [0.4, 0.5) is 0 Å². The van der Waals surface area contributed by atoms with Crippen LogP contribution in [0, 0.1) is 0 Å². The monoisotopic (exact) mass is 277 g/mol. The molecule has 1 aliphatic heterocycles. The lowest BCUT2D eigenvalue weighted by Gasteiger charge is -2.37. The number of hydrogen-bond acceptors (Lipinski definition) is 2. The molecule has 0 atom stereocenters. The van der Waals surface area contributed by atoms with Crippen LogP contribution in [0.15, 0.2) is 60.9 Å². The summed E-state index contributed by atoms with van der Waals surface area (Å²) in [6.07, 6.45) is 6.47. The van der Waals surface area contributed by atoms with Gasteiger partial charge in [-0.2, -0.15) is 0 Å². The number of pyridine rings is 1. The second-order valence-electron chi connectivity index (χ2n) is 5.79. The SMILES string of the molecule is c1ccc(C2(c3cn4ccccc4n3)CCNCC2)cc1. The minimum absolute atomic E-state index is 0.0402. The van der Waals surface area contributed by atoms with Gasteiger partial charge in [-0.05, 0) is 43.6 Å². The Bertz CT molecular complexity index is 706. The van der Waals surface area contributed by atoms with Gasteiger partial charge in [-0.25, -0.2) is 4.98 Å². The zero-order valence-electron chi connectivity index (χ0n) is 12.0. The molecule has 3 heteroatoms. The summed E-state index contributed by atoms with van der Waals surface area (Å²) >= 11 is 0. The lowest BCUT2D eigenvalue weighted by Crippen LogP contribution is -2.41. The molecule has 0 amide bonds. The number of rotatable bonds is 2. The van der Waals surface area contributed by atoms with Gasteiger partial charge in [0.25, 0.3) is 0 Å². The Morgan fingerprint density at radius 2 is 1.71 bits per heavy atom. The number of hydrogen-bond donors (Lipinski definition) is 1. The molecule has 4 rings (SSSR count). The van der Waals surface area contributed by atoms with Gasteiger partial charge in [0.2, 0.25) is 0 Å². The average molecular weight is 277 g/mol. The highest BCUT2D eigenvalue weighted by Crippen LogP contribution is 2.39. The Balaban J connectivity index is 1.89. The maximum atomic E-state index is 4.92. The Hall–Kier alpha value is -2.13. The van der Waals surface area contributed by atoms with Crippen molar-refractivity contribution < 1.29 is 0 Å². The van der Waals surface area contributed by atoms with E-state index in [1.165, 1.54) is 11.3 Å². The average Bonchev–Trinajstić information content (AvgIpc) is 3.01. The van der Waals surface area contributed by atoms with E-state index < -0.39 is 0 Å². The van der Waals surface area contributed by atoms with Crippen molar-refractivity contribution in [1.29, 1.82) is 0 Å². The third kappa shape index (κ3) is 2.05.